The molecule has 2 aromatic rings. The van der Waals surface area contributed by atoms with Crippen molar-refractivity contribution >= 4 is 23.7 Å². The molecule has 1 atom stereocenters. The highest BCUT2D eigenvalue weighted by Gasteiger charge is 2.17. The molecule has 1 saturated heterocycles. The third-order valence-corrected chi connectivity index (χ3v) is 3.80. The van der Waals surface area contributed by atoms with Crippen molar-refractivity contribution in [1.29, 1.82) is 0 Å². The lowest BCUT2D eigenvalue weighted by molar-refractivity contribution is 0.789. The summed E-state index contributed by atoms with van der Waals surface area (Å²) < 4.78 is 1.70. The minimum Gasteiger partial charge on any atom is -0.368 e. The van der Waals surface area contributed by atoms with Gasteiger partial charge in [-0.25, -0.2) is 4.98 Å². The quantitative estimate of drug-likeness (QED) is 0.835. The molecule has 0 aromatic carbocycles. The molecule has 7 nitrogen and oxygen atoms in total. The number of anilines is 2. The molecule has 2 aromatic heterocycles. The highest BCUT2D eigenvalue weighted by atomic mass is 32.2. The summed E-state index contributed by atoms with van der Waals surface area (Å²) in [6.45, 7) is 0. The number of nitrogens with two attached hydrogens (primary N) is 1. The van der Waals surface area contributed by atoms with E-state index in [9.17, 15) is 0 Å². The molecule has 0 bridgehead atoms. The fourth-order valence-corrected chi connectivity index (χ4v) is 2.92. The number of nitrogens with one attached hydrogen (secondary N) is 1. The van der Waals surface area contributed by atoms with Crippen LogP contribution in [0.1, 0.15) is 6.42 Å². The second kappa shape index (κ2) is 4.81. The van der Waals surface area contributed by atoms with Crippen molar-refractivity contribution in [2.75, 3.05) is 22.6 Å². The molecule has 0 spiro atoms. The van der Waals surface area contributed by atoms with Gasteiger partial charge in [-0.05, 0) is 12.2 Å². The van der Waals surface area contributed by atoms with E-state index in [1.54, 1.807) is 23.3 Å². The van der Waals surface area contributed by atoms with Gasteiger partial charge in [-0.1, -0.05) is 0 Å². The molecule has 3 N–H and O–H groups in total. The first-order valence-corrected chi connectivity index (χ1v) is 6.81. The zero-order valence-corrected chi connectivity index (χ0v) is 10.5. The van der Waals surface area contributed by atoms with Crippen molar-refractivity contribution in [2.24, 2.45) is 0 Å². The number of nitrogens with zero attached hydrogens (tertiary/aromatic N) is 5. The van der Waals surface area contributed by atoms with E-state index < -0.39 is 0 Å². The highest BCUT2D eigenvalue weighted by molar-refractivity contribution is 7.99. The van der Waals surface area contributed by atoms with Crippen LogP contribution < -0.4 is 11.1 Å². The Balaban J connectivity index is 1.86. The maximum Gasteiger partial charge on any atom is 0.241 e. The Hall–Kier alpha value is -1.83. The van der Waals surface area contributed by atoms with Crippen LogP contribution in [0.15, 0.2) is 18.7 Å². The first kappa shape index (κ1) is 11.3. The van der Waals surface area contributed by atoms with Gasteiger partial charge in [0.25, 0.3) is 0 Å². The highest BCUT2D eigenvalue weighted by Crippen LogP contribution is 2.20. The van der Waals surface area contributed by atoms with Crippen LogP contribution in [0.2, 0.25) is 0 Å². The van der Waals surface area contributed by atoms with Crippen molar-refractivity contribution in [3.63, 3.8) is 0 Å². The smallest absolute Gasteiger partial charge is 0.241 e. The monoisotopic (exact) mass is 263 g/mol. The molecule has 8 heteroatoms. The van der Waals surface area contributed by atoms with Crippen LogP contribution in [0.3, 0.4) is 0 Å². The maximum atomic E-state index is 5.70. The van der Waals surface area contributed by atoms with E-state index in [0.29, 0.717) is 17.9 Å². The van der Waals surface area contributed by atoms with Gasteiger partial charge in [0, 0.05) is 24.2 Å². The average molecular weight is 263 g/mol. The van der Waals surface area contributed by atoms with Crippen molar-refractivity contribution in [3.05, 3.63) is 18.7 Å². The number of nitrogen functional groups attached to an aromatic ring is 1. The molecule has 1 fully saturated rings. The fraction of sp³-hybridized carbons (Fsp3) is 0.400. The maximum absolute atomic E-state index is 5.70. The summed E-state index contributed by atoms with van der Waals surface area (Å²) in [5, 5.41) is 3.29. The lowest BCUT2D eigenvalue weighted by Gasteiger charge is -2.11. The van der Waals surface area contributed by atoms with Gasteiger partial charge in [0.1, 0.15) is 6.33 Å². The van der Waals surface area contributed by atoms with Crippen molar-refractivity contribution in [2.45, 2.75) is 12.5 Å². The predicted molar refractivity (Wildman–Crippen MR) is 70.7 cm³/mol. The summed E-state index contributed by atoms with van der Waals surface area (Å²) in [6.07, 6.45) is 6.19. The van der Waals surface area contributed by atoms with E-state index >= 15 is 0 Å². The van der Waals surface area contributed by atoms with Crippen LogP contribution in [-0.2, 0) is 0 Å². The largest absolute Gasteiger partial charge is 0.368 e. The number of rotatable bonds is 3. The standard InChI is InChI=1S/C10H13N7S/c11-8-14-9(13-7-1-4-18-5-7)16-10(15-8)17-3-2-12-6-17/h2-3,6-7H,1,4-5H2,(H3,11,13,14,15,16). The summed E-state index contributed by atoms with van der Waals surface area (Å²) in [6, 6.07) is 0.410. The molecule has 3 heterocycles. The van der Waals surface area contributed by atoms with Crippen molar-refractivity contribution in [3.8, 4) is 5.95 Å². The third kappa shape index (κ3) is 2.37. The van der Waals surface area contributed by atoms with Crippen LogP contribution in [0, 0.1) is 0 Å². The van der Waals surface area contributed by atoms with Gasteiger partial charge in [-0.15, -0.1) is 0 Å². The third-order valence-electron chi connectivity index (χ3n) is 2.64. The molecule has 0 saturated carbocycles. The van der Waals surface area contributed by atoms with Crippen LogP contribution in [-0.4, -0.2) is 42.1 Å². The first-order valence-electron chi connectivity index (χ1n) is 5.65. The molecule has 0 radical (unpaired) electrons. The Bertz CT molecular complexity index is 521. The zero-order chi connectivity index (χ0) is 12.4. The number of imidazole rings is 1. The Morgan fingerprint density at radius 3 is 3.06 bits per heavy atom. The topological polar surface area (TPSA) is 94.5 Å². The summed E-state index contributed by atoms with van der Waals surface area (Å²) in [4.78, 5) is 16.5. The summed E-state index contributed by atoms with van der Waals surface area (Å²) >= 11 is 1.93. The molecular formula is C10H13N7S. The van der Waals surface area contributed by atoms with Crippen molar-refractivity contribution in [1.82, 2.24) is 24.5 Å². The SMILES string of the molecule is Nc1nc(NC2CCSC2)nc(-n2ccnc2)n1. The predicted octanol–water partition coefficient (Wildman–Crippen LogP) is 0.557. The molecule has 1 unspecified atom stereocenters. The summed E-state index contributed by atoms with van der Waals surface area (Å²) in [5.74, 6) is 3.47. The Morgan fingerprint density at radius 2 is 2.33 bits per heavy atom. The Kier molecular flexibility index (Phi) is 3.01. The summed E-state index contributed by atoms with van der Waals surface area (Å²) in [5.41, 5.74) is 5.70. The molecule has 1 aliphatic rings. The van der Waals surface area contributed by atoms with Gasteiger partial charge in [0.15, 0.2) is 0 Å². The fourth-order valence-electron chi connectivity index (χ4n) is 1.77. The molecule has 18 heavy (non-hydrogen) atoms. The van der Waals surface area contributed by atoms with E-state index in [-0.39, 0.29) is 5.95 Å². The minimum absolute atomic E-state index is 0.210. The normalized spacial score (nSPS) is 19.0. The second-order valence-corrected chi connectivity index (χ2v) is 5.14. The number of aromatic nitrogens is 5. The Morgan fingerprint density at radius 1 is 1.39 bits per heavy atom. The lowest BCUT2D eigenvalue weighted by Crippen LogP contribution is -2.21. The van der Waals surface area contributed by atoms with E-state index in [4.69, 9.17) is 5.73 Å². The molecule has 94 valence electrons. The Labute approximate surface area is 108 Å². The second-order valence-electron chi connectivity index (χ2n) is 3.99. The number of hydrogen-bond donors (Lipinski definition) is 2. The van der Waals surface area contributed by atoms with Gasteiger partial charge in [-0.3, -0.25) is 4.57 Å². The van der Waals surface area contributed by atoms with E-state index in [1.165, 1.54) is 5.75 Å². The number of thioether (sulfide) groups is 1. The van der Waals surface area contributed by atoms with Gasteiger partial charge >= 0.3 is 0 Å². The zero-order valence-electron chi connectivity index (χ0n) is 9.65. The molecule has 1 aliphatic heterocycles. The molecular weight excluding hydrogens is 250 g/mol. The van der Waals surface area contributed by atoms with Gasteiger partial charge in [0.05, 0.1) is 0 Å². The van der Waals surface area contributed by atoms with E-state index in [2.05, 4.69) is 25.3 Å². The van der Waals surface area contributed by atoms with Crippen LogP contribution >= 0.6 is 11.8 Å². The van der Waals surface area contributed by atoms with Crippen LogP contribution in [0.25, 0.3) is 5.95 Å². The van der Waals surface area contributed by atoms with Gasteiger partial charge < -0.3 is 11.1 Å². The molecule has 0 amide bonds. The lowest BCUT2D eigenvalue weighted by atomic mass is 10.3. The van der Waals surface area contributed by atoms with Gasteiger partial charge in [0.2, 0.25) is 17.8 Å². The van der Waals surface area contributed by atoms with E-state index in [1.807, 2.05) is 11.8 Å². The minimum atomic E-state index is 0.210. The summed E-state index contributed by atoms with van der Waals surface area (Å²) in [7, 11) is 0. The first-order chi connectivity index (χ1) is 8.81. The average Bonchev–Trinajstić information content (AvgIpc) is 3.00. The number of hydrogen-bond acceptors (Lipinski definition) is 7. The molecule has 0 aliphatic carbocycles. The molecule has 3 rings (SSSR count). The van der Waals surface area contributed by atoms with Crippen LogP contribution in [0.4, 0.5) is 11.9 Å². The van der Waals surface area contributed by atoms with E-state index in [0.717, 1.165) is 12.2 Å². The van der Waals surface area contributed by atoms with Crippen LogP contribution in [0.5, 0.6) is 0 Å². The van der Waals surface area contributed by atoms with Crippen molar-refractivity contribution < 1.29 is 0 Å². The van der Waals surface area contributed by atoms with Gasteiger partial charge in [-0.2, -0.15) is 26.7 Å².